The number of anilines is 1. The molecule has 0 radical (unpaired) electrons. The van der Waals surface area contributed by atoms with Crippen LogP contribution in [0.3, 0.4) is 0 Å². The molecule has 0 saturated heterocycles. The molecule has 3 nitrogen and oxygen atoms in total. The van der Waals surface area contributed by atoms with Gasteiger partial charge in [0.15, 0.2) is 0 Å². The van der Waals surface area contributed by atoms with Crippen molar-refractivity contribution in [2.45, 2.75) is 13.0 Å². The van der Waals surface area contributed by atoms with Gasteiger partial charge in [0.25, 0.3) is 0 Å². The van der Waals surface area contributed by atoms with Gasteiger partial charge in [0, 0.05) is 4.47 Å². The lowest BCUT2D eigenvalue weighted by molar-refractivity contribution is -0.121. The van der Waals surface area contributed by atoms with E-state index < -0.39 is 11.9 Å². The molecule has 0 aromatic heterocycles. The second-order valence-corrected chi connectivity index (χ2v) is 5.92. The van der Waals surface area contributed by atoms with Crippen LogP contribution >= 0.6 is 15.9 Å². The van der Waals surface area contributed by atoms with Crippen molar-refractivity contribution >= 4 is 27.5 Å². The number of nitrogens with one attached hydrogen (secondary N) is 1. The van der Waals surface area contributed by atoms with Crippen LogP contribution in [0, 0.1) is 5.82 Å². The number of rotatable bonds is 5. The molecule has 1 N–H and O–H groups in total. The summed E-state index contributed by atoms with van der Waals surface area (Å²) in [6.45, 7) is 2.68. The molecule has 2 aromatic rings. The molecule has 1 unspecified atom stereocenters. The topological polar surface area (TPSA) is 32.3 Å². The lowest BCUT2D eigenvalue weighted by atomic mass is 10.0. The van der Waals surface area contributed by atoms with Crippen LogP contribution in [0.2, 0.25) is 0 Å². The zero-order valence-electron chi connectivity index (χ0n) is 12.5. The summed E-state index contributed by atoms with van der Waals surface area (Å²) in [5, 5.41) is 2.67. The van der Waals surface area contributed by atoms with Gasteiger partial charge >= 0.3 is 0 Å². The van der Waals surface area contributed by atoms with Gasteiger partial charge in [-0.1, -0.05) is 53.2 Å². The highest BCUT2D eigenvalue weighted by Crippen LogP contribution is 2.24. The van der Waals surface area contributed by atoms with Crippen molar-refractivity contribution < 1.29 is 9.18 Å². The third-order valence-electron chi connectivity index (χ3n) is 3.49. The van der Waals surface area contributed by atoms with E-state index in [1.807, 2.05) is 49.2 Å². The summed E-state index contributed by atoms with van der Waals surface area (Å²) in [5.74, 6) is -0.717. The van der Waals surface area contributed by atoms with Crippen molar-refractivity contribution in [1.82, 2.24) is 4.90 Å². The van der Waals surface area contributed by atoms with E-state index in [1.165, 1.54) is 6.07 Å². The first-order valence-electron chi connectivity index (χ1n) is 7.04. The first-order valence-corrected chi connectivity index (χ1v) is 7.83. The van der Waals surface area contributed by atoms with Crippen molar-refractivity contribution in [3.8, 4) is 0 Å². The molecule has 5 heteroatoms. The Hall–Kier alpha value is -1.72. The maximum absolute atomic E-state index is 13.9. The zero-order chi connectivity index (χ0) is 16.1. The van der Waals surface area contributed by atoms with Gasteiger partial charge in [0.05, 0.1) is 5.69 Å². The number of carbonyl (C=O) groups excluding carboxylic acids is 1. The number of benzene rings is 2. The van der Waals surface area contributed by atoms with Gasteiger partial charge in [-0.2, -0.15) is 0 Å². The molecule has 0 spiro atoms. The van der Waals surface area contributed by atoms with Gasteiger partial charge in [-0.15, -0.1) is 0 Å². The molecule has 2 aromatic carbocycles. The molecule has 0 aliphatic rings. The van der Waals surface area contributed by atoms with Crippen LogP contribution in [0.25, 0.3) is 0 Å². The first kappa shape index (κ1) is 16.6. The molecule has 0 saturated carbocycles. The third-order valence-corrected chi connectivity index (χ3v) is 3.99. The van der Waals surface area contributed by atoms with Crippen LogP contribution in [0.5, 0.6) is 0 Å². The Morgan fingerprint density at radius 2 is 1.95 bits per heavy atom. The Bertz CT molecular complexity index is 648. The van der Waals surface area contributed by atoms with Gasteiger partial charge in [0.2, 0.25) is 5.91 Å². The van der Waals surface area contributed by atoms with Crippen molar-refractivity contribution in [3.05, 3.63) is 64.4 Å². The zero-order valence-corrected chi connectivity index (χ0v) is 14.1. The summed E-state index contributed by atoms with van der Waals surface area (Å²) >= 11 is 3.20. The van der Waals surface area contributed by atoms with Crippen LogP contribution in [0.15, 0.2) is 53.0 Å². The number of nitrogens with zero attached hydrogens (tertiary/aromatic N) is 1. The average molecular weight is 365 g/mol. The summed E-state index contributed by atoms with van der Waals surface area (Å²) < 4.78 is 14.5. The molecule has 0 fully saturated rings. The largest absolute Gasteiger partial charge is 0.322 e. The molecule has 0 bridgehead atoms. The SMILES string of the molecule is CCN(C)C(C(=O)Nc1ccc(Br)cc1F)c1ccccc1. The van der Waals surface area contributed by atoms with E-state index in [0.29, 0.717) is 11.0 Å². The Labute approximate surface area is 138 Å². The summed E-state index contributed by atoms with van der Waals surface area (Å²) in [6.07, 6.45) is 0. The van der Waals surface area contributed by atoms with E-state index in [1.54, 1.807) is 12.1 Å². The smallest absolute Gasteiger partial charge is 0.246 e. The van der Waals surface area contributed by atoms with Crippen molar-refractivity contribution in [1.29, 1.82) is 0 Å². The van der Waals surface area contributed by atoms with Crippen LogP contribution in [0.1, 0.15) is 18.5 Å². The maximum atomic E-state index is 13.9. The molecular formula is C17H18BrFN2O. The Morgan fingerprint density at radius 1 is 1.27 bits per heavy atom. The molecule has 116 valence electrons. The van der Waals surface area contributed by atoms with E-state index in [2.05, 4.69) is 21.2 Å². The minimum absolute atomic E-state index is 0.179. The third kappa shape index (κ3) is 3.93. The van der Waals surface area contributed by atoms with Gasteiger partial charge in [-0.25, -0.2) is 4.39 Å². The van der Waals surface area contributed by atoms with Gasteiger partial charge in [0.1, 0.15) is 11.9 Å². The Kier molecular flexibility index (Phi) is 5.69. The highest BCUT2D eigenvalue weighted by atomic mass is 79.9. The number of carbonyl (C=O) groups is 1. The van der Waals surface area contributed by atoms with E-state index in [-0.39, 0.29) is 11.6 Å². The summed E-state index contributed by atoms with van der Waals surface area (Å²) in [6, 6.07) is 13.6. The Balaban J connectivity index is 2.26. The molecule has 2 rings (SSSR count). The van der Waals surface area contributed by atoms with E-state index in [0.717, 1.165) is 5.56 Å². The fourth-order valence-electron chi connectivity index (χ4n) is 2.22. The monoisotopic (exact) mass is 364 g/mol. The summed E-state index contributed by atoms with van der Waals surface area (Å²) in [4.78, 5) is 14.5. The number of halogens is 2. The number of hydrogen-bond donors (Lipinski definition) is 1. The minimum Gasteiger partial charge on any atom is -0.322 e. The highest BCUT2D eigenvalue weighted by molar-refractivity contribution is 9.10. The highest BCUT2D eigenvalue weighted by Gasteiger charge is 2.24. The van der Waals surface area contributed by atoms with Crippen LogP contribution in [-0.4, -0.2) is 24.4 Å². The molecule has 0 heterocycles. The fraction of sp³-hybridized carbons (Fsp3) is 0.235. The van der Waals surface area contributed by atoms with Crippen molar-refractivity contribution in [3.63, 3.8) is 0 Å². The summed E-state index contributed by atoms with van der Waals surface area (Å²) in [7, 11) is 1.87. The maximum Gasteiger partial charge on any atom is 0.246 e. The molecular weight excluding hydrogens is 347 g/mol. The number of hydrogen-bond acceptors (Lipinski definition) is 2. The van der Waals surface area contributed by atoms with Gasteiger partial charge < -0.3 is 5.32 Å². The molecule has 22 heavy (non-hydrogen) atoms. The standard InChI is InChI=1S/C17H18BrFN2O/c1-3-21(2)16(12-7-5-4-6-8-12)17(22)20-15-10-9-13(18)11-14(15)19/h4-11,16H,3H2,1-2H3,(H,20,22). The van der Waals surface area contributed by atoms with Crippen LogP contribution < -0.4 is 5.32 Å². The lowest BCUT2D eigenvalue weighted by Crippen LogP contribution is -2.34. The second-order valence-electron chi connectivity index (χ2n) is 5.00. The normalized spacial score (nSPS) is 12.2. The molecule has 0 aliphatic carbocycles. The van der Waals surface area contributed by atoms with Crippen LogP contribution in [-0.2, 0) is 4.79 Å². The predicted molar refractivity (Wildman–Crippen MR) is 90.2 cm³/mol. The van der Waals surface area contributed by atoms with Crippen LogP contribution in [0.4, 0.5) is 10.1 Å². The lowest BCUT2D eigenvalue weighted by Gasteiger charge is -2.26. The van der Waals surface area contributed by atoms with E-state index in [4.69, 9.17) is 0 Å². The van der Waals surface area contributed by atoms with Gasteiger partial charge in [-0.05, 0) is 37.4 Å². The second kappa shape index (κ2) is 7.51. The van der Waals surface area contributed by atoms with Crippen molar-refractivity contribution in [2.75, 3.05) is 18.9 Å². The van der Waals surface area contributed by atoms with E-state index in [9.17, 15) is 9.18 Å². The average Bonchev–Trinajstić information content (AvgIpc) is 2.51. The molecule has 1 amide bonds. The number of likely N-dealkylation sites (N-methyl/N-ethyl adjacent to an activating group) is 1. The fourth-order valence-corrected chi connectivity index (χ4v) is 2.55. The van der Waals surface area contributed by atoms with E-state index >= 15 is 0 Å². The predicted octanol–water partition coefficient (Wildman–Crippen LogP) is 4.22. The first-order chi connectivity index (χ1) is 10.5. The molecule has 0 aliphatic heterocycles. The van der Waals surface area contributed by atoms with Gasteiger partial charge in [-0.3, -0.25) is 9.69 Å². The number of amides is 1. The minimum atomic E-state index is -0.464. The quantitative estimate of drug-likeness (QED) is 0.861. The van der Waals surface area contributed by atoms with Crippen molar-refractivity contribution in [2.24, 2.45) is 0 Å². The summed E-state index contributed by atoms with van der Waals surface area (Å²) in [5.41, 5.74) is 1.06. The molecule has 1 atom stereocenters. The Morgan fingerprint density at radius 3 is 2.55 bits per heavy atom.